The fraction of sp³-hybridized carbons (Fsp3) is 0.360. The van der Waals surface area contributed by atoms with E-state index in [1.165, 1.54) is 16.8 Å². The number of rotatable bonds is 7. The number of primary amides is 1. The second kappa shape index (κ2) is 9.35. The molecule has 0 atom stereocenters. The summed E-state index contributed by atoms with van der Waals surface area (Å²) in [4.78, 5) is 17.0. The molecule has 6 heteroatoms. The van der Waals surface area contributed by atoms with E-state index in [2.05, 4.69) is 82.5 Å². The zero-order valence-electron chi connectivity index (χ0n) is 18.4. The van der Waals surface area contributed by atoms with Crippen molar-refractivity contribution in [3.8, 4) is 0 Å². The molecule has 162 valence electrons. The Morgan fingerprint density at radius 3 is 2.26 bits per heavy atom. The van der Waals surface area contributed by atoms with Crippen molar-refractivity contribution in [1.29, 1.82) is 0 Å². The van der Waals surface area contributed by atoms with Gasteiger partial charge < -0.3 is 15.5 Å². The van der Waals surface area contributed by atoms with Crippen molar-refractivity contribution in [3.05, 3.63) is 82.2 Å². The van der Waals surface area contributed by atoms with Crippen LogP contribution in [-0.2, 0) is 19.3 Å². The Kier molecular flexibility index (Phi) is 6.37. The molecule has 1 fully saturated rings. The summed E-state index contributed by atoms with van der Waals surface area (Å²) in [7, 11) is 2.16. The Morgan fingerprint density at radius 2 is 1.61 bits per heavy atom. The van der Waals surface area contributed by atoms with Crippen LogP contribution in [0.2, 0.25) is 0 Å². The first-order chi connectivity index (χ1) is 15.0. The quantitative estimate of drug-likeness (QED) is 0.620. The molecule has 3 aromatic rings. The van der Waals surface area contributed by atoms with Crippen LogP contribution in [0, 0.1) is 6.92 Å². The van der Waals surface area contributed by atoms with Gasteiger partial charge in [0.1, 0.15) is 0 Å². The van der Waals surface area contributed by atoms with E-state index in [-0.39, 0.29) is 0 Å². The van der Waals surface area contributed by atoms with Crippen LogP contribution in [0.25, 0.3) is 0 Å². The number of H-pyrrole nitrogens is 1. The van der Waals surface area contributed by atoms with Gasteiger partial charge in [-0.1, -0.05) is 42.0 Å². The number of aromatic amines is 1. The first-order valence-electron chi connectivity index (χ1n) is 10.9. The number of aromatic nitrogens is 2. The first kappa shape index (κ1) is 21.1. The molecule has 0 bridgehead atoms. The van der Waals surface area contributed by atoms with E-state index in [0.717, 1.165) is 49.6 Å². The number of likely N-dealkylation sites (N-methyl/N-ethyl adjacent to an activating group) is 1. The molecule has 2 aromatic carbocycles. The van der Waals surface area contributed by atoms with Gasteiger partial charge in [-0.25, -0.2) is 0 Å². The molecular formula is C25H31N5O. The van der Waals surface area contributed by atoms with Crippen LogP contribution in [0.1, 0.15) is 38.4 Å². The molecule has 1 aromatic heterocycles. The number of amides is 1. The number of nitrogens with two attached hydrogens (primary N) is 1. The highest BCUT2D eigenvalue weighted by Gasteiger charge is 2.19. The highest BCUT2D eigenvalue weighted by atomic mass is 16.1. The van der Waals surface area contributed by atoms with Crippen LogP contribution in [-0.4, -0.2) is 54.2 Å². The highest BCUT2D eigenvalue weighted by molar-refractivity contribution is 5.95. The van der Waals surface area contributed by atoms with Crippen molar-refractivity contribution in [1.82, 2.24) is 15.1 Å². The van der Waals surface area contributed by atoms with Crippen molar-refractivity contribution in [2.45, 2.75) is 26.2 Å². The smallest absolute Gasteiger partial charge is 0.252 e. The third kappa shape index (κ3) is 5.14. The third-order valence-electron chi connectivity index (χ3n) is 6.12. The van der Waals surface area contributed by atoms with E-state index in [1.54, 1.807) is 0 Å². The number of aryl methyl sites for hydroxylation is 3. The molecule has 0 radical (unpaired) electrons. The monoisotopic (exact) mass is 417 g/mol. The molecule has 0 spiro atoms. The molecule has 0 aliphatic carbocycles. The lowest BCUT2D eigenvalue weighted by Gasteiger charge is -2.34. The summed E-state index contributed by atoms with van der Waals surface area (Å²) in [6.45, 7) is 6.35. The third-order valence-corrected chi connectivity index (χ3v) is 6.12. The Morgan fingerprint density at radius 1 is 0.968 bits per heavy atom. The molecule has 0 unspecified atom stereocenters. The van der Waals surface area contributed by atoms with Crippen molar-refractivity contribution >= 4 is 11.6 Å². The van der Waals surface area contributed by atoms with Crippen LogP contribution < -0.4 is 10.6 Å². The van der Waals surface area contributed by atoms with Crippen molar-refractivity contribution in [3.63, 3.8) is 0 Å². The van der Waals surface area contributed by atoms with Gasteiger partial charge >= 0.3 is 0 Å². The average molecular weight is 418 g/mol. The van der Waals surface area contributed by atoms with Crippen molar-refractivity contribution < 1.29 is 4.79 Å². The van der Waals surface area contributed by atoms with E-state index in [4.69, 9.17) is 5.73 Å². The molecule has 31 heavy (non-hydrogen) atoms. The Labute approximate surface area is 184 Å². The Bertz CT molecular complexity index is 1020. The first-order valence-corrected chi connectivity index (χ1v) is 10.9. The van der Waals surface area contributed by atoms with Gasteiger partial charge in [0.05, 0.1) is 17.0 Å². The summed E-state index contributed by atoms with van der Waals surface area (Å²) in [6, 6.07) is 17.0. The number of hydrogen-bond donors (Lipinski definition) is 2. The van der Waals surface area contributed by atoms with Crippen molar-refractivity contribution in [2.75, 3.05) is 38.1 Å². The zero-order valence-corrected chi connectivity index (χ0v) is 18.4. The fourth-order valence-electron chi connectivity index (χ4n) is 4.13. The summed E-state index contributed by atoms with van der Waals surface area (Å²) in [5.74, 6) is -0.420. The topological polar surface area (TPSA) is 78.2 Å². The van der Waals surface area contributed by atoms with Gasteiger partial charge in [0.15, 0.2) is 0 Å². The minimum atomic E-state index is -0.420. The molecule has 1 aliphatic rings. The van der Waals surface area contributed by atoms with Gasteiger partial charge in [0.2, 0.25) is 0 Å². The van der Waals surface area contributed by atoms with Gasteiger partial charge in [-0.2, -0.15) is 5.10 Å². The van der Waals surface area contributed by atoms with E-state index in [9.17, 15) is 4.79 Å². The van der Waals surface area contributed by atoms with Crippen molar-refractivity contribution in [2.24, 2.45) is 5.73 Å². The molecular weight excluding hydrogens is 386 g/mol. The molecule has 4 rings (SSSR count). The SMILES string of the molecule is Cc1ccc(CCc2n[nH]c(Cc3ccc(N4CCN(C)CC4)cc3)c2C(N)=O)cc1. The zero-order chi connectivity index (χ0) is 21.8. The molecule has 1 saturated heterocycles. The standard InChI is InChI=1S/C25H31N5O/c1-18-3-5-19(6-4-18)9-12-22-24(25(26)31)23(28-27-22)17-20-7-10-21(11-8-20)30-15-13-29(2)14-16-30/h3-8,10-11H,9,12-17H2,1-2H3,(H2,26,31)(H,27,28). The summed E-state index contributed by atoms with van der Waals surface area (Å²) in [6.07, 6.45) is 2.11. The maximum atomic E-state index is 12.2. The lowest BCUT2D eigenvalue weighted by Crippen LogP contribution is -2.44. The molecule has 3 N–H and O–H groups in total. The highest BCUT2D eigenvalue weighted by Crippen LogP contribution is 2.21. The number of anilines is 1. The number of carbonyl (C=O) groups excluding carboxylic acids is 1. The number of hydrogen-bond acceptors (Lipinski definition) is 4. The van der Waals surface area contributed by atoms with E-state index < -0.39 is 5.91 Å². The maximum absolute atomic E-state index is 12.2. The fourth-order valence-corrected chi connectivity index (χ4v) is 4.13. The summed E-state index contributed by atoms with van der Waals surface area (Å²) in [5, 5.41) is 7.49. The van der Waals surface area contributed by atoms with E-state index in [1.807, 2.05) is 0 Å². The molecule has 1 aliphatic heterocycles. The summed E-state index contributed by atoms with van der Waals surface area (Å²) < 4.78 is 0. The van der Waals surface area contributed by atoms with Gasteiger partial charge in [-0.05, 0) is 50.1 Å². The van der Waals surface area contributed by atoms with Gasteiger partial charge in [0.25, 0.3) is 5.91 Å². The van der Waals surface area contributed by atoms with E-state index in [0.29, 0.717) is 18.4 Å². The normalized spacial score (nSPS) is 14.7. The lowest BCUT2D eigenvalue weighted by molar-refractivity contribution is 0.0998. The predicted molar refractivity (Wildman–Crippen MR) is 125 cm³/mol. The average Bonchev–Trinajstić information content (AvgIpc) is 3.17. The Balaban J connectivity index is 1.44. The maximum Gasteiger partial charge on any atom is 0.252 e. The van der Waals surface area contributed by atoms with Gasteiger partial charge in [0, 0.05) is 38.3 Å². The Hall–Kier alpha value is -3.12. The van der Waals surface area contributed by atoms with E-state index >= 15 is 0 Å². The number of nitrogens with one attached hydrogen (secondary N) is 1. The number of benzene rings is 2. The van der Waals surface area contributed by atoms with Gasteiger partial charge in [-0.15, -0.1) is 0 Å². The van der Waals surface area contributed by atoms with Crippen LogP contribution in [0.3, 0.4) is 0 Å². The number of nitrogens with zero attached hydrogens (tertiary/aromatic N) is 3. The largest absolute Gasteiger partial charge is 0.369 e. The van der Waals surface area contributed by atoms with Crippen LogP contribution >= 0.6 is 0 Å². The van der Waals surface area contributed by atoms with Crippen LogP contribution in [0.4, 0.5) is 5.69 Å². The number of carbonyl (C=O) groups is 1. The molecule has 2 heterocycles. The minimum absolute atomic E-state index is 0.420. The minimum Gasteiger partial charge on any atom is -0.369 e. The van der Waals surface area contributed by atoms with Crippen LogP contribution in [0.15, 0.2) is 48.5 Å². The summed E-state index contributed by atoms with van der Waals surface area (Å²) in [5.41, 5.74) is 12.6. The lowest BCUT2D eigenvalue weighted by atomic mass is 10.0. The predicted octanol–water partition coefficient (Wildman–Crippen LogP) is 2.94. The molecule has 1 amide bonds. The summed E-state index contributed by atoms with van der Waals surface area (Å²) >= 11 is 0. The second-order valence-corrected chi connectivity index (χ2v) is 8.51. The van der Waals surface area contributed by atoms with Crippen LogP contribution in [0.5, 0.6) is 0 Å². The van der Waals surface area contributed by atoms with Gasteiger partial charge in [-0.3, -0.25) is 9.89 Å². The second-order valence-electron chi connectivity index (χ2n) is 8.51. The number of piperazine rings is 1. The molecule has 6 nitrogen and oxygen atoms in total. The molecule has 0 saturated carbocycles.